The summed E-state index contributed by atoms with van der Waals surface area (Å²) >= 11 is 5.84. The minimum atomic E-state index is 0.0404. The fourth-order valence-corrected chi connectivity index (χ4v) is 1.23. The number of rotatable bonds is 5. The molecule has 0 fully saturated rings. The molecule has 16 heavy (non-hydrogen) atoms. The molecule has 1 rings (SSSR count). The van der Waals surface area contributed by atoms with E-state index in [0.29, 0.717) is 18.4 Å². The molecule has 0 saturated heterocycles. The van der Waals surface area contributed by atoms with Gasteiger partial charge in [-0.2, -0.15) is 4.98 Å². The van der Waals surface area contributed by atoms with Crippen molar-refractivity contribution in [2.45, 2.75) is 39.2 Å². The number of nitrogens with zero attached hydrogens (tertiary/aromatic N) is 2. The lowest BCUT2D eigenvalue weighted by molar-refractivity contribution is 0.232. The van der Waals surface area contributed by atoms with Crippen molar-refractivity contribution in [3.63, 3.8) is 0 Å². The number of hydrogen-bond acceptors (Lipinski definition) is 4. The van der Waals surface area contributed by atoms with Crippen molar-refractivity contribution in [3.05, 3.63) is 11.8 Å². The Morgan fingerprint density at radius 1 is 1.38 bits per heavy atom. The zero-order valence-electron chi connectivity index (χ0n) is 10.1. The number of anilines is 1. The standard InChI is InChI=1S/C11H18ClN3O/c1-7(2)16-10-5-9(4)14-11(15-10)13-6-8(3)12/h5,7-8H,6H2,1-4H3,(H,13,14,15). The van der Waals surface area contributed by atoms with Crippen LogP contribution >= 0.6 is 11.6 Å². The van der Waals surface area contributed by atoms with E-state index in [1.54, 1.807) is 0 Å². The van der Waals surface area contributed by atoms with Crippen molar-refractivity contribution in [2.24, 2.45) is 0 Å². The summed E-state index contributed by atoms with van der Waals surface area (Å²) in [5.41, 5.74) is 0.871. The largest absolute Gasteiger partial charge is 0.475 e. The van der Waals surface area contributed by atoms with Crippen LogP contribution in [0.4, 0.5) is 5.95 Å². The number of aryl methyl sites for hydroxylation is 1. The van der Waals surface area contributed by atoms with Crippen LogP contribution in [0.2, 0.25) is 0 Å². The quantitative estimate of drug-likeness (QED) is 0.808. The van der Waals surface area contributed by atoms with Crippen molar-refractivity contribution in [1.29, 1.82) is 0 Å². The number of aromatic nitrogens is 2. The predicted molar refractivity (Wildman–Crippen MR) is 66.3 cm³/mol. The van der Waals surface area contributed by atoms with E-state index < -0.39 is 0 Å². The maximum Gasteiger partial charge on any atom is 0.226 e. The summed E-state index contributed by atoms with van der Waals surface area (Å²) in [6, 6.07) is 1.81. The van der Waals surface area contributed by atoms with Gasteiger partial charge in [0.1, 0.15) is 0 Å². The summed E-state index contributed by atoms with van der Waals surface area (Å²) in [7, 11) is 0. The second-order valence-electron chi connectivity index (χ2n) is 4.00. The molecule has 1 unspecified atom stereocenters. The molecule has 90 valence electrons. The highest BCUT2D eigenvalue weighted by Gasteiger charge is 2.05. The Labute approximate surface area is 101 Å². The van der Waals surface area contributed by atoms with E-state index in [1.807, 2.05) is 33.8 Å². The van der Waals surface area contributed by atoms with Gasteiger partial charge in [-0.3, -0.25) is 0 Å². The van der Waals surface area contributed by atoms with Gasteiger partial charge in [-0.1, -0.05) is 0 Å². The molecule has 0 aliphatic carbocycles. The lowest BCUT2D eigenvalue weighted by atomic mass is 10.4. The first-order valence-electron chi connectivity index (χ1n) is 5.37. The van der Waals surface area contributed by atoms with Crippen LogP contribution < -0.4 is 10.1 Å². The van der Waals surface area contributed by atoms with Crippen LogP contribution in [0, 0.1) is 6.92 Å². The Balaban J connectivity index is 2.73. The third-order valence-corrected chi connectivity index (χ3v) is 1.88. The summed E-state index contributed by atoms with van der Waals surface area (Å²) < 4.78 is 5.52. The highest BCUT2D eigenvalue weighted by molar-refractivity contribution is 6.20. The topological polar surface area (TPSA) is 47.0 Å². The third kappa shape index (κ3) is 4.66. The first-order chi connectivity index (χ1) is 7.47. The van der Waals surface area contributed by atoms with Gasteiger partial charge in [0.25, 0.3) is 0 Å². The van der Waals surface area contributed by atoms with Crippen LogP contribution in [0.5, 0.6) is 5.88 Å². The lowest BCUT2D eigenvalue weighted by Gasteiger charge is -2.11. The second kappa shape index (κ2) is 5.89. The summed E-state index contributed by atoms with van der Waals surface area (Å²) in [5.74, 6) is 1.15. The maximum atomic E-state index is 5.84. The fraction of sp³-hybridized carbons (Fsp3) is 0.636. The van der Waals surface area contributed by atoms with E-state index in [-0.39, 0.29) is 11.5 Å². The number of hydrogen-bond donors (Lipinski definition) is 1. The van der Waals surface area contributed by atoms with Gasteiger partial charge in [-0.05, 0) is 27.7 Å². The first-order valence-corrected chi connectivity index (χ1v) is 5.81. The SMILES string of the molecule is Cc1cc(OC(C)C)nc(NCC(C)Cl)n1. The molecule has 1 atom stereocenters. The fourth-order valence-electron chi connectivity index (χ4n) is 1.15. The molecule has 0 bridgehead atoms. The van der Waals surface area contributed by atoms with Crippen LogP contribution in [0.15, 0.2) is 6.07 Å². The molecule has 0 radical (unpaired) electrons. The Kier molecular flexibility index (Phi) is 4.80. The molecule has 0 aliphatic rings. The van der Waals surface area contributed by atoms with Crippen LogP contribution in [0.25, 0.3) is 0 Å². The summed E-state index contributed by atoms with van der Waals surface area (Å²) in [4.78, 5) is 8.49. The molecule has 0 spiro atoms. The average molecular weight is 244 g/mol. The second-order valence-corrected chi connectivity index (χ2v) is 4.74. The van der Waals surface area contributed by atoms with Crippen molar-refractivity contribution in [1.82, 2.24) is 9.97 Å². The van der Waals surface area contributed by atoms with E-state index in [0.717, 1.165) is 5.69 Å². The number of halogens is 1. The molecule has 1 heterocycles. The van der Waals surface area contributed by atoms with Crippen molar-refractivity contribution >= 4 is 17.5 Å². The van der Waals surface area contributed by atoms with Crippen LogP contribution in [-0.4, -0.2) is 28.0 Å². The molecule has 1 aromatic rings. The molecule has 5 heteroatoms. The molecule has 0 aromatic carbocycles. The summed E-state index contributed by atoms with van der Waals surface area (Å²) in [6.45, 7) is 8.38. The normalized spacial score (nSPS) is 12.6. The molecule has 4 nitrogen and oxygen atoms in total. The highest BCUT2D eigenvalue weighted by atomic mass is 35.5. The van der Waals surface area contributed by atoms with Gasteiger partial charge in [-0.15, -0.1) is 11.6 Å². The van der Waals surface area contributed by atoms with E-state index in [1.165, 1.54) is 0 Å². The van der Waals surface area contributed by atoms with Gasteiger partial charge in [0.15, 0.2) is 0 Å². The van der Waals surface area contributed by atoms with Crippen LogP contribution in [0.3, 0.4) is 0 Å². The molecule has 0 amide bonds. The molecular formula is C11H18ClN3O. The minimum Gasteiger partial charge on any atom is -0.475 e. The van der Waals surface area contributed by atoms with Gasteiger partial charge < -0.3 is 10.1 Å². The Morgan fingerprint density at radius 2 is 2.06 bits per heavy atom. The third-order valence-electron chi connectivity index (χ3n) is 1.73. The summed E-state index contributed by atoms with van der Waals surface area (Å²) in [6.07, 6.45) is 0.106. The van der Waals surface area contributed by atoms with Gasteiger partial charge in [-0.25, -0.2) is 4.98 Å². The molecule has 0 aliphatic heterocycles. The van der Waals surface area contributed by atoms with Gasteiger partial charge in [0.2, 0.25) is 11.8 Å². The first kappa shape index (κ1) is 13.0. The van der Waals surface area contributed by atoms with Gasteiger partial charge in [0, 0.05) is 23.7 Å². The smallest absolute Gasteiger partial charge is 0.226 e. The van der Waals surface area contributed by atoms with Crippen molar-refractivity contribution in [2.75, 3.05) is 11.9 Å². The Bertz CT molecular complexity index is 342. The van der Waals surface area contributed by atoms with Crippen LogP contribution in [-0.2, 0) is 0 Å². The molecule has 1 aromatic heterocycles. The number of alkyl halides is 1. The zero-order chi connectivity index (χ0) is 12.1. The number of ether oxygens (including phenoxy) is 1. The molecule has 0 saturated carbocycles. The summed E-state index contributed by atoms with van der Waals surface area (Å²) in [5, 5.41) is 3.10. The van der Waals surface area contributed by atoms with Crippen LogP contribution in [0.1, 0.15) is 26.5 Å². The maximum absolute atomic E-state index is 5.84. The van der Waals surface area contributed by atoms with Crippen molar-refractivity contribution < 1.29 is 4.74 Å². The molecular weight excluding hydrogens is 226 g/mol. The van der Waals surface area contributed by atoms with Crippen molar-refractivity contribution in [3.8, 4) is 5.88 Å². The zero-order valence-corrected chi connectivity index (χ0v) is 10.9. The monoisotopic (exact) mass is 243 g/mol. The lowest BCUT2D eigenvalue weighted by Crippen LogP contribution is -2.14. The van der Waals surface area contributed by atoms with E-state index in [9.17, 15) is 0 Å². The molecule has 1 N–H and O–H groups in total. The highest BCUT2D eigenvalue weighted by Crippen LogP contribution is 2.13. The van der Waals surface area contributed by atoms with Gasteiger partial charge >= 0.3 is 0 Å². The minimum absolute atomic E-state index is 0.0404. The Morgan fingerprint density at radius 3 is 2.62 bits per heavy atom. The number of nitrogens with one attached hydrogen (secondary N) is 1. The predicted octanol–water partition coefficient (Wildman–Crippen LogP) is 2.61. The Hall–Kier alpha value is -1.03. The van der Waals surface area contributed by atoms with E-state index in [2.05, 4.69) is 15.3 Å². The average Bonchev–Trinajstić information content (AvgIpc) is 2.12. The van der Waals surface area contributed by atoms with E-state index in [4.69, 9.17) is 16.3 Å². The van der Waals surface area contributed by atoms with Gasteiger partial charge in [0.05, 0.1) is 6.10 Å². The van der Waals surface area contributed by atoms with E-state index >= 15 is 0 Å².